The molecule has 5 nitrogen and oxygen atoms in total. The van der Waals surface area contributed by atoms with E-state index in [-0.39, 0.29) is 5.91 Å². The number of H-pyrrole nitrogens is 1. The van der Waals surface area contributed by atoms with Crippen molar-refractivity contribution in [2.45, 2.75) is 12.8 Å². The summed E-state index contributed by atoms with van der Waals surface area (Å²) in [7, 11) is 0. The summed E-state index contributed by atoms with van der Waals surface area (Å²) in [5.41, 5.74) is 0.419. The Bertz CT molecular complexity index is 513. The van der Waals surface area contributed by atoms with Crippen LogP contribution in [0.5, 0.6) is 0 Å². The summed E-state index contributed by atoms with van der Waals surface area (Å²) in [6, 6.07) is 5.26. The highest BCUT2D eigenvalue weighted by atomic mass is 79.9. The predicted octanol–water partition coefficient (Wildman–Crippen LogP) is 1.93. The van der Waals surface area contributed by atoms with Crippen molar-refractivity contribution >= 4 is 21.8 Å². The van der Waals surface area contributed by atoms with Crippen LogP contribution in [0.1, 0.15) is 22.7 Å². The highest BCUT2D eigenvalue weighted by Gasteiger charge is 2.06. The van der Waals surface area contributed by atoms with E-state index in [1.54, 1.807) is 30.6 Å². The van der Waals surface area contributed by atoms with E-state index in [1.165, 1.54) is 0 Å². The van der Waals surface area contributed by atoms with Crippen molar-refractivity contribution in [3.05, 3.63) is 46.7 Å². The van der Waals surface area contributed by atoms with E-state index in [2.05, 4.69) is 36.2 Å². The maximum atomic E-state index is 11.7. The number of amides is 1. The zero-order valence-corrected chi connectivity index (χ0v) is 11.3. The predicted molar refractivity (Wildman–Crippen MR) is 71.2 cm³/mol. The molecule has 0 aliphatic heterocycles. The van der Waals surface area contributed by atoms with Gasteiger partial charge >= 0.3 is 0 Å². The molecular formula is C12H13BrN4O. The SMILES string of the molecule is O=C(NCCCc1ncc[nH]1)c1cccc(Br)n1. The Labute approximate surface area is 113 Å². The molecule has 2 aromatic heterocycles. The number of nitrogens with zero attached hydrogens (tertiary/aromatic N) is 2. The van der Waals surface area contributed by atoms with Crippen LogP contribution >= 0.6 is 15.9 Å². The second kappa shape index (κ2) is 6.30. The van der Waals surface area contributed by atoms with Gasteiger partial charge in [0.05, 0.1) is 0 Å². The summed E-state index contributed by atoms with van der Waals surface area (Å²) in [6.45, 7) is 0.605. The maximum Gasteiger partial charge on any atom is 0.269 e. The topological polar surface area (TPSA) is 70.7 Å². The minimum Gasteiger partial charge on any atom is -0.351 e. The molecular weight excluding hydrogens is 296 g/mol. The van der Waals surface area contributed by atoms with Gasteiger partial charge in [-0.3, -0.25) is 4.79 Å². The summed E-state index contributed by atoms with van der Waals surface area (Å²) in [5.74, 6) is 0.778. The fraction of sp³-hybridized carbons (Fsp3) is 0.250. The van der Waals surface area contributed by atoms with Gasteiger partial charge in [0.25, 0.3) is 5.91 Å². The van der Waals surface area contributed by atoms with Crippen LogP contribution in [0.4, 0.5) is 0 Å². The molecule has 0 saturated heterocycles. The quantitative estimate of drug-likeness (QED) is 0.655. The van der Waals surface area contributed by atoms with Crippen LogP contribution in [-0.4, -0.2) is 27.4 Å². The van der Waals surface area contributed by atoms with Gasteiger partial charge in [0, 0.05) is 25.4 Å². The molecule has 0 aromatic carbocycles. The highest BCUT2D eigenvalue weighted by Crippen LogP contribution is 2.06. The normalized spacial score (nSPS) is 10.3. The number of aromatic amines is 1. The van der Waals surface area contributed by atoms with E-state index in [1.807, 2.05) is 0 Å². The third-order valence-electron chi connectivity index (χ3n) is 2.38. The molecule has 0 radical (unpaired) electrons. The zero-order valence-electron chi connectivity index (χ0n) is 9.69. The van der Waals surface area contributed by atoms with Crippen LogP contribution in [0.15, 0.2) is 35.2 Å². The molecule has 2 rings (SSSR count). The fourth-order valence-corrected chi connectivity index (χ4v) is 1.86. The molecule has 1 amide bonds. The van der Waals surface area contributed by atoms with Gasteiger partial charge in [-0.1, -0.05) is 6.07 Å². The standard InChI is InChI=1S/C12H13BrN4O/c13-10-4-1-3-9(17-10)12(18)16-6-2-5-11-14-7-8-15-11/h1,3-4,7-8H,2,5-6H2,(H,14,15)(H,16,18). The van der Waals surface area contributed by atoms with Crippen molar-refractivity contribution in [3.63, 3.8) is 0 Å². The van der Waals surface area contributed by atoms with Gasteiger partial charge in [0.2, 0.25) is 0 Å². The van der Waals surface area contributed by atoms with Crippen molar-refractivity contribution in [2.24, 2.45) is 0 Å². The van der Waals surface area contributed by atoms with Crippen molar-refractivity contribution in [3.8, 4) is 0 Å². The third kappa shape index (κ3) is 3.66. The molecule has 0 aliphatic rings. The Morgan fingerprint density at radius 2 is 2.33 bits per heavy atom. The van der Waals surface area contributed by atoms with E-state index >= 15 is 0 Å². The van der Waals surface area contributed by atoms with E-state index < -0.39 is 0 Å². The fourth-order valence-electron chi connectivity index (χ4n) is 1.52. The average molecular weight is 309 g/mol. The van der Waals surface area contributed by atoms with Crippen molar-refractivity contribution in [1.29, 1.82) is 0 Å². The van der Waals surface area contributed by atoms with E-state index in [0.29, 0.717) is 16.8 Å². The first-order valence-electron chi connectivity index (χ1n) is 5.65. The Morgan fingerprint density at radius 1 is 1.44 bits per heavy atom. The van der Waals surface area contributed by atoms with Crippen molar-refractivity contribution < 1.29 is 4.79 Å². The molecule has 0 unspecified atom stereocenters. The highest BCUT2D eigenvalue weighted by molar-refractivity contribution is 9.10. The number of aryl methyl sites for hydroxylation is 1. The molecule has 18 heavy (non-hydrogen) atoms. The molecule has 0 atom stereocenters. The van der Waals surface area contributed by atoms with Crippen LogP contribution in [0.25, 0.3) is 0 Å². The molecule has 0 aliphatic carbocycles. The Morgan fingerprint density at radius 3 is 3.06 bits per heavy atom. The van der Waals surface area contributed by atoms with Crippen LogP contribution < -0.4 is 5.32 Å². The van der Waals surface area contributed by atoms with Gasteiger partial charge in [-0.25, -0.2) is 9.97 Å². The molecule has 2 heterocycles. The van der Waals surface area contributed by atoms with Crippen molar-refractivity contribution in [1.82, 2.24) is 20.3 Å². The average Bonchev–Trinajstić information content (AvgIpc) is 2.87. The lowest BCUT2D eigenvalue weighted by atomic mass is 10.3. The Balaban J connectivity index is 1.75. The Hall–Kier alpha value is -1.69. The molecule has 94 valence electrons. The summed E-state index contributed by atoms with van der Waals surface area (Å²) in [4.78, 5) is 23.0. The molecule has 0 fully saturated rings. The van der Waals surface area contributed by atoms with Gasteiger partial charge in [0.15, 0.2) is 0 Å². The number of carbonyl (C=O) groups excluding carboxylic acids is 1. The summed E-state index contributed by atoms with van der Waals surface area (Å²) in [5, 5.41) is 2.82. The minimum absolute atomic E-state index is 0.157. The van der Waals surface area contributed by atoms with E-state index in [9.17, 15) is 4.79 Å². The molecule has 6 heteroatoms. The first kappa shape index (κ1) is 12.8. The van der Waals surface area contributed by atoms with Crippen LogP contribution in [0.3, 0.4) is 0 Å². The molecule has 0 bridgehead atoms. The summed E-state index contributed by atoms with van der Waals surface area (Å²) in [6.07, 6.45) is 5.17. The third-order valence-corrected chi connectivity index (χ3v) is 2.82. The number of imidazole rings is 1. The number of hydrogen-bond acceptors (Lipinski definition) is 3. The second-order valence-electron chi connectivity index (χ2n) is 3.74. The van der Waals surface area contributed by atoms with Gasteiger partial charge in [-0.05, 0) is 34.5 Å². The van der Waals surface area contributed by atoms with Crippen molar-refractivity contribution in [2.75, 3.05) is 6.54 Å². The van der Waals surface area contributed by atoms with Gasteiger partial charge in [-0.2, -0.15) is 0 Å². The van der Waals surface area contributed by atoms with Gasteiger partial charge < -0.3 is 10.3 Å². The lowest BCUT2D eigenvalue weighted by Crippen LogP contribution is -2.25. The van der Waals surface area contributed by atoms with Crippen LogP contribution in [0.2, 0.25) is 0 Å². The molecule has 2 aromatic rings. The summed E-state index contributed by atoms with van der Waals surface area (Å²) < 4.78 is 0.658. The second-order valence-corrected chi connectivity index (χ2v) is 4.55. The van der Waals surface area contributed by atoms with Gasteiger partial charge in [-0.15, -0.1) is 0 Å². The number of hydrogen-bond donors (Lipinski definition) is 2. The molecule has 0 spiro atoms. The Kier molecular flexibility index (Phi) is 4.46. The smallest absolute Gasteiger partial charge is 0.269 e. The van der Waals surface area contributed by atoms with E-state index in [0.717, 1.165) is 18.7 Å². The minimum atomic E-state index is -0.157. The zero-order chi connectivity index (χ0) is 12.8. The summed E-state index contributed by atoms with van der Waals surface area (Å²) >= 11 is 3.23. The largest absolute Gasteiger partial charge is 0.351 e. The molecule has 2 N–H and O–H groups in total. The number of rotatable bonds is 5. The van der Waals surface area contributed by atoms with E-state index in [4.69, 9.17) is 0 Å². The number of pyridine rings is 1. The number of nitrogens with one attached hydrogen (secondary N) is 2. The monoisotopic (exact) mass is 308 g/mol. The lowest BCUT2D eigenvalue weighted by molar-refractivity contribution is 0.0948. The first-order chi connectivity index (χ1) is 8.75. The van der Waals surface area contributed by atoms with Crippen LogP contribution in [0, 0.1) is 0 Å². The number of halogens is 1. The first-order valence-corrected chi connectivity index (χ1v) is 6.44. The van der Waals surface area contributed by atoms with Gasteiger partial charge in [0.1, 0.15) is 16.1 Å². The molecule has 0 saturated carbocycles. The number of aromatic nitrogens is 3. The maximum absolute atomic E-state index is 11.7. The number of carbonyl (C=O) groups is 1. The lowest BCUT2D eigenvalue weighted by Gasteiger charge is -2.04. The van der Waals surface area contributed by atoms with Crippen LogP contribution in [-0.2, 0) is 6.42 Å².